The van der Waals surface area contributed by atoms with Crippen molar-refractivity contribution in [3.05, 3.63) is 54.1 Å². The van der Waals surface area contributed by atoms with Gasteiger partial charge >= 0.3 is 0 Å². The molecule has 0 heterocycles. The third-order valence-corrected chi connectivity index (χ3v) is 5.22. The molecule has 2 aromatic rings. The highest BCUT2D eigenvalue weighted by Gasteiger charge is 2.17. The van der Waals surface area contributed by atoms with E-state index in [1.165, 1.54) is 5.56 Å². The number of amides is 1. The molecule has 0 aliphatic rings. The van der Waals surface area contributed by atoms with Gasteiger partial charge in [-0.1, -0.05) is 32.0 Å². The number of benzene rings is 2. The highest BCUT2D eigenvalue weighted by Crippen LogP contribution is 2.29. The minimum absolute atomic E-state index is 0.0200. The van der Waals surface area contributed by atoms with Gasteiger partial charge in [-0.3, -0.25) is 4.79 Å². The summed E-state index contributed by atoms with van der Waals surface area (Å²) in [5.41, 5.74) is 2.11. The van der Waals surface area contributed by atoms with Crippen LogP contribution < -0.4 is 10.1 Å². The van der Waals surface area contributed by atoms with Crippen LogP contribution in [0.25, 0.3) is 0 Å². The van der Waals surface area contributed by atoms with E-state index in [1.807, 2.05) is 49.4 Å². The van der Waals surface area contributed by atoms with Crippen molar-refractivity contribution in [2.24, 2.45) is 0 Å². The number of thioether (sulfide) groups is 1. The lowest BCUT2D eigenvalue weighted by molar-refractivity contribution is -0.115. The second-order valence-electron chi connectivity index (χ2n) is 5.82. The van der Waals surface area contributed by atoms with Crippen LogP contribution >= 0.6 is 11.8 Å². The molecular weight excluding hydrogens is 318 g/mol. The third kappa shape index (κ3) is 4.78. The Balaban J connectivity index is 2.03. The van der Waals surface area contributed by atoms with Gasteiger partial charge in [0.05, 0.1) is 12.4 Å². The van der Waals surface area contributed by atoms with Crippen molar-refractivity contribution in [2.75, 3.05) is 12.4 Å². The highest BCUT2D eigenvalue weighted by atomic mass is 32.2. The molecule has 0 saturated heterocycles. The standard InChI is InChI=1S/C20H25NO2S/c1-5-14(2)18-8-6-7-9-19(18)21-20(22)15(3)24-17-12-10-16(23-4)11-13-17/h6-15H,5H2,1-4H3,(H,21,22). The molecule has 0 fully saturated rings. The first-order chi connectivity index (χ1) is 11.5. The van der Waals surface area contributed by atoms with Crippen LogP contribution in [-0.4, -0.2) is 18.3 Å². The highest BCUT2D eigenvalue weighted by molar-refractivity contribution is 8.00. The average Bonchev–Trinajstić information content (AvgIpc) is 2.62. The molecule has 4 heteroatoms. The van der Waals surface area contributed by atoms with Gasteiger partial charge in [-0.25, -0.2) is 0 Å². The van der Waals surface area contributed by atoms with Crippen LogP contribution in [0.5, 0.6) is 5.75 Å². The van der Waals surface area contributed by atoms with Crippen molar-refractivity contribution in [1.29, 1.82) is 0 Å². The Morgan fingerprint density at radius 3 is 2.42 bits per heavy atom. The van der Waals surface area contributed by atoms with Crippen LogP contribution in [0.4, 0.5) is 5.69 Å². The van der Waals surface area contributed by atoms with Gasteiger partial charge in [0.2, 0.25) is 5.91 Å². The lowest BCUT2D eigenvalue weighted by Crippen LogP contribution is -2.23. The second kappa shape index (κ2) is 8.78. The smallest absolute Gasteiger partial charge is 0.237 e. The summed E-state index contributed by atoms with van der Waals surface area (Å²) in [6, 6.07) is 15.8. The van der Waals surface area contributed by atoms with E-state index in [2.05, 4.69) is 25.2 Å². The average molecular weight is 343 g/mol. The topological polar surface area (TPSA) is 38.3 Å². The normalized spacial score (nSPS) is 13.2. The van der Waals surface area contributed by atoms with Gasteiger partial charge in [0.1, 0.15) is 5.75 Å². The maximum Gasteiger partial charge on any atom is 0.237 e. The second-order valence-corrected chi connectivity index (χ2v) is 7.24. The third-order valence-electron chi connectivity index (χ3n) is 4.10. The van der Waals surface area contributed by atoms with Gasteiger partial charge in [0, 0.05) is 10.6 Å². The van der Waals surface area contributed by atoms with Crippen LogP contribution in [0, 0.1) is 0 Å². The quantitative estimate of drug-likeness (QED) is 0.691. The monoisotopic (exact) mass is 343 g/mol. The first-order valence-electron chi connectivity index (χ1n) is 8.25. The zero-order valence-electron chi connectivity index (χ0n) is 14.7. The summed E-state index contributed by atoms with van der Waals surface area (Å²) in [6.07, 6.45) is 1.04. The van der Waals surface area contributed by atoms with E-state index in [0.717, 1.165) is 22.8 Å². The predicted octanol–water partition coefficient (Wildman–Crippen LogP) is 5.33. The number of rotatable bonds is 7. The molecule has 2 atom stereocenters. The fraction of sp³-hybridized carbons (Fsp3) is 0.350. The van der Waals surface area contributed by atoms with E-state index < -0.39 is 0 Å². The van der Waals surface area contributed by atoms with E-state index in [1.54, 1.807) is 18.9 Å². The van der Waals surface area contributed by atoms with Gasteiger partial charge in [-0.2, -0.15) is 0 Å². The minimum atomic E-state index is -0.177. The Kier molecular flexibility index (Phi) is 6.73. The Labute approximate surface area is 148 Å². The number of methoxy groups -OCH3 is 1. The van der Waals surface area contributed by atoms with E-state index in [0.29, 0.717) is 5.92 Å². The molecule has 0 aliphatic carbocycles. The first-order valence-corrected chi connectivity index (χ1v) is 9.13. The number of hydrogen-bond acceptors (Lipinski definition) is 3. The fourth-order valence-corrected chi connectivity index (χ4v) is 3.27. The maximum atomic E-state index is 12.5. The summed E-state index contributed by atoms with van der Waals surface area (Å²) in [6.45, 7) is 6.27. The zero-order chi connectivity index (χ0) is 17.5. The maximum absolute atomic E-state index is 12.5. The van der Waals surface area contributed by atoms with Crippen molar-refractivity contribution < 1.29 is 9.53 Å². The Hall–Kier alpha value is -1.94. The fourth-order valence-electron chi connectivity index (χ4n) is 2.41. The molecule has 2 unspecified atom stereocenters. The van der Waals surface area contributed by atoms with Gasteiger partial charge < -0.3 is 10.1 Å². The number of para-hydroxylation sites is 1. The van der Waals surface area contributed by atoms with Crippen molar-refractivity contribution in [3.63, 3.8) is 0 Å². The molecule has 0 aliphatic heterocycles. The van der Waals surface area contributed by atoms with E-state index >= 15 is 0 Å². The zero-order valence-corrected chi connectivity index (χ0v) is 15.5. The van der Waals surface area contributed by atoms with Crippen molar-refractivity contribution in [1.82, 2.24) is 0 Å². The Bertz CT molecular complexity index is 670. The summed E-state index contributed by atoms with van der Waals surface area (Å²) >= 11 is 1.54. The van der Waals surface area contributed by atoms with E-state index in [9.17, 15) is 4.79 Å². The van der Waals surface area contributed by atoms with Gasteiger partial charge in [0.15, 0.2) is 0 Å². The molecule has 128 valence electrons. The summed E-state index contributed by atoms with van der Waals surface area (Å²) in [5, 5.41) is 2.91. The molecule has 0 saturated carbocycles. The van der Waals surface area contributed by atoms with Gasteiger partial charge in [-0.05, 0) is 55.2 Å². The molecule has 0 spiro atoms. The summed E-state index contributed by atoms with van der Waals surface area (Å²) < 4.78 is 5.16. The van der Waals surface area contributed by atoms with Gasteiger partial charge in [0.25, 0.3) is 0 Å². The van der Waals surface area contributed by atoms with Crippen LogP contribution in [0.3, 0.4) is 0 Å². The number of hydrogen-bond donors (Lipinski definition) is 1. The number of nitrogens with one attached hydrogen (secondary N) is 1. The SMILES string of the molecule is CCC(C)c1ccccc1NC(=O)C(C)Sc1ccc(OC)cc1. The van der Waals surface area contributed by atoms with Gasteiger partial charge in [-0.15, -0.1) is 11.8 Å². The molecular formula is C20H25NO2S. The number of carbonyl (C=O) groups is 1. The first kappa shape index (κ1) is 18.4. The molecule has 1 N–H and O–H groups in total. The summed E-state index contributed by atoms with van der Waals surface area (Å²) in [7, 11) is 1.65. The molecule has 24 heavy (non-hydrogen) atoms. The number of carbonyl (C=O) groups excluding carboxylic acids is 1. The minimum Gasteiger partial charge on any atom is -0.497 e. The molecule has 0 aromatic heterocycles. The molecule has 0 bridgehead atoms. The van der Waals surface area contributed by atoms with Crippen molar-refractivity contribution >= 4 is 23.4 Å². The predicted molar refractivity (Wildman–Crippen MR) is 102 cm³/mol. The van der Waals surface area contributed by atoms with Crippen LogP contribution in [0.15, 0.2) is 53.4 Å². The Morgan fingerprint density at radius 2 is 1.79 bits per heavy atom. The van der Waals surface area contributed by atoms with Crippen LogP contribution in [0.2, 0.25) is 0 Å². The number of anilines is 1. The largest absolute Gasteiger partial charge is 0.497 e. The van der Waals surface area contributed by atoms with Crippen molar-refractivity contribution in [3.8, 4) is 5.75 Å². The van der Waals surface area contributed by atoms with E-state index in [4.69, 9.17) is 4.74 Å². The summed E-state index contributed by atoms with van der Waals surface area (Å²) in [4.78, 5) is 13.6. The Morgan fingerprint density at radius 1 is 1.12 bits per heavy atom. The van der Waals surface area contributed by atoms with Crippen LogP contribution in [-0.2, 0) is 4.79 Å². The molecule has 2 rings (SSSR count). The van der Waals surface area contributed by atoms with E-state index in [-0.39, 0.29) is 11.2 Å². The molecule has 3 nitrogen and oxygen atoms in total. The lowest BCUT2D eigenvalue weighted by Gasteiger charge is -2.17. The molecule has 2 aromatic carbocycles. The lowest BCUT2D eigenvalue weighted by atomic mass is 9.97. The molecule has 0 radical (unpaired) electrons. The molecule has 1 amide bonds. The summed E-state index contributed by atoms with van der Waals surface area (Å²) in [5.74, 6) is 1.26. The van der Waals surface area contributed by atoms with Crippen molar-refractivity contribution in [2.45, 2.75) is 43.3 Å². The van der Waals surface area contributed by atoms with Crippen LogP contribution in [0.1, 0.15) is 38.7 Å². The number of ether oxygens (including phenoxy) is 1.